The second-order valence-corrected chi connectivity index (χ2v) is 4.96. The minimum atomic E-state index is -4.20. The van der Waals surface area contributed by atoms with Crippen LogP contribution in [0.15, 0.2) is 18.2 Å². The van der Waals surface area contributed by atoms with Crippen molar-refractivity contribution in [3.8, 4) is 0 Å². The number of hydrogen-bond acceptors (Lipinski definition) is 1. The maximum atomic E-state index is 12.5. The molecule has 0 N–H and O–H groups in total. The van der Waals surface area contributed by atoms with E-state index in [1.54, 1.807) is 10.6 Å². The highest BCUT2D eigenvalue weighted by molar-refractivity contribution is 6.16. The molecule has 2 aromatic rings. The molecule has 0 radical (unpaired) electrons. The summed E-state index contributed by atoms with van der Waals surface area (Å²) < 4.78 is 39.2. The van der Waals surface area contributed by atoms with Crippen molar-refractivity contribution in [2.45, 2.75) is 38.4 Å². The van der Waals surface area contributed by atoms with Crippen LogP contribution in [0.25, 0.3) is 11.0 Å². The van der Waals surface area contributed by atoms with Gasteiger partial charge in [0, 0.05) is 6.04 Å². The predicted octanol–water partition coefficient (Wildman–Crippen LogP) is 4.60. The standard InChI is InChI=1S/C13H14ClF3N2/c1-8-3-4-10-11(5-8)19(12(7-14)18-10)9(2)6-13(15,16)17/h3-5,9H,6-7H2,1-2H3. The number of rotatable bonds is 3. The largest absolute Gasteiger partial charge is 0.391 e. The summed E-state index contributed by atoms with van der Waals surface area (Å²) >= 11 is 5.79. The summed E-state index contributed by atoms with van der Waals surface area (Å²) in [5.41, 5.74) is 2.36. The van der Waals surface area contributed by atoms with Gasteiger partial charge in [0.1, 0.15) is 5.82 Å². The topological polar surface area (TPSA) is 17.8 Å². The van der Waals surface area contributed by atoms with Gasteiger partial charge < -0.3 is 4.57 Å². The van der Waals surface area contributed by atoms with E-state index < -0.39 is 18.6 Å². The van der Waals surface area contributed by atoms with E-state index in [1.165, 1.54) is 6.92 Å². The first kappa shape index (κ1) is 14.2. The first-order valence-corrected chi connectivity index (χ1v) is 6.45. The number of aryl methyl sites for hydroxylation is 1. The number of hydrogen-bond donors (Lipinski definition) is 0. The molecule has 0 saturated carbocycles. The predicted molar refractivity (Wildman–Crippen MR) is 69.4 cm³/mol. The first-order valence-electron chi connectivity index (χ1n) is 5.92. The van der Waals surface area contributed by atoms with E-state index in [0.717, 1.165) is 5.56 Å². The number of alkyl halides is 4. The molecule has 0 spiro atoms. The smallest absolute Gasteiger partial charge is 0.324 e. The summed E-state index contributed by atoms with van der Waals surface area (Å²) in [6.45, 7) is 3.43. The number of imidazole rings is 1. The molecule has 0 saturated heterocycles. The summed E-state index contributed by atoms with van der Waals surface area (Å²) in [6, 6.07) is 4.80. The van der Waals surface area contributed by atoms with Crippen molar-refractivity contribution in [3.05, 3.63) is 29.6 Å². The van der Waals surface area contributed by atoms with Gasteiger partial charge in [-0.25, -0.2) is 4.98 Å². The summed E-state index contributed by atoms with van der Waals surface area (Å²) in [6.07, 6.45) is -5.10. The molecule has 1 unspecified atom stereocenters. The van der Waals surface area contributed by atoms with Crippen LogP contribution in [0.1, 0.15) is 30.8 Å². The van der Waals surface area contributed by atoms with Gasteiger partial charge in [0.05, 0.1) is 23.3 Å². The van der Waals surface area contributed by atoms with E-state index in [0.29, 0.717) is 16.9 Å². The zero-order chi connectivity index (χ0) is 14.2. The van der Waals surface area contributed by atoms with E-state index in [2.05, 4.69) is 4.98 Å². The Balaban J connectivity index is 2.53. The number of aromatic nitrogens is 2. The third kappa shape index (κ3) is 3.03. The molecule has 6 heteroatoms. The molecule has 0 aliphatic rings. The minimum Gasteiger partial charge on any atom is -0.324 e. The lowest BCUT2D eigenvalue weighted by Gasteiger charge is -2.18. The molecule has 1 atom stereocenters. The number of fused-ring (bicyclic) bond motifs is 1. The zero-order valence-electron chi connectivity index (χ0n) is 10.6. The van der Waals surface area contributed by atoms with E-state index in [1.807, 2.05) is 19.1 Å². The van der Waals surface area contributed by atoms with Crippen molar-refractivity contribution in [1.82, 2.24) is 9.55 Å². The summed E-state index contributed by atoms with van der Waals surface area (Å²) in [7, 11) is 0. The Labute approximate surface area is 114 Å². The fraction of sp³-hybridized carbons (Fsp3) is 0.462. The summed E-state index contributed by atoms with van der Waals surface area (Å²) in [4.78, 5) is 4.29. The second kappa shape index (κ2) is 5.04. The van der Waals surface area contributed by atoms with Gasteiger partial charge in [-0.2, -0.15) is 13.2 Å². The molecule has 0 amide bonds. The third-order valence-electron chi connectivity index (χ3n) is 3.01. The van der Waals surface area contributed by atoms with Gasteiger partial charge in [0.2, 0.25) is 0 Å². The molecule has 0 aliphatic carbocycles. The van der Waals surface area contributed by atoms with Crippen LogP contribution in [0.4, 0.5) is 13.2 Å². The fourth-order valence-corrected chi connectivity index (χ4v) is 2.45. The van der Waals surface area contributed by atoms with E-state index in [-0.39, 0.29) is 5.88 Å². The number of nitrogens with zero attached hydrogens (tertiary/aromatic N) is 2. The van der Waals surface area contributed by atoms with Crippen molar-refractivity contribution in [1.29, 1.82) is 0 Å². The van der Waals surface area contributed by atoms with Crippen LogP contribution in [0.5, 0.6) is 0 Å². The second-order valence-electron chi connectivity index (χ2n) is 4.69. The molecule has 104 valence electrons. The number of halogens is 4. The fourth-order valence-electron chi connectivity index (χ4n) is 2.27. The van der Waals surface area contributed by atoms with E-state index in [9.17, 15) is 13.2 Å². The van der Waals surface area contributed by atoms with Gasteiger partial charge in [-0.05, 0) is 31.5 Å². The van der Waals surface area contributed by atoms with Gasteiger partial charge in [0.15, 0.2) is 0 Å². The van der Waals surface area contributed by atoms with E-state index in [4.69, 9.17) is 11.6 Å². The summed E-state index contributed by atoms with van der Waals surface area (Å²) in [5.74, 6) is 0.564. The van der Waals surface area contributed by atoms with Crippen molar-refractivity contribution < 1.29 is 13.2 Å². The summed E-state index contributed by atoms with van der Waals surface area (Å²) in [5, 5.41) is 0. The average molecular weight is 291 g/mol. The van der Waals surface area contributed by atoms with Crippen LogP contribution in [-0.2, 0) is 5.88 Å². The van der Waals surface area contributed by atoms with Crippen LogP contribution in [0.3, 0.4) is 0 Å². The lowest BCUT2D eigenvalue weighted by Crippen LogP contribution is -2.18. The minimum absolute atomic E-state index is 0.0932. The first-order chi connectivity index (χ1) is 8.81. The van der Waals surface area contributed by atoms with Gasteiger partial charge in [-0.15, -0.1) is 11.6 Å². The average Bonchev–Trinajstić information content (AvgIpc) is 2.64. The van der Waals surface area contributed by atoms with Crippen molar-refractivity contribution in [3.63, 3.8) is 0 Å². The molecule has 2 rings (SSSR count). The number of benzene rings is 1. The van der Waals surface area contributed by atoms with Gasteiger partial charge in [-0.1, -0.05) is 6.07 Å². The van der Waals surface area contributed by atoms with Crippen molar-refractivity contribution >= 4 is 22.6 Å². The van der Waals surface area contributed by atoms with Crippen LogP contribution < -0.4 is 0 Å². The Kier molecular flexibility index (Phi) is 3.76. The van der Waals surface area contributed by atoms with Crippen molar-refractivity contribution in [2.24, 2.45) is 0 Å². The third-order valence-corrected chi connectivity index (χ3v) is 3.24. The quantitative estimate of drug-likeness (QED) is 0.756. The lowest BCUT2D eigenvalue weighted by molar-refractivity contribution is -0.141. The van der Waals surface area contributed by atoms with Crippen LogP contribution in [-0.4, -0.2) is 15.7 Å². The molecule has 19 heavy (non-hydrogen) atoms. The van der Waals surface area contributed by atoms with Crippen LogP contribution >= 0.6 is 11.6 Å². The Bertz CT molecular complexity index is 589. The zero-order valence-corrected chi connectivity index (χ0v) is 11.4. The van der Waals surface area contributed by atoms with Gasteiger partial charge >= 0.3 is 6.18 Å². The molecule has 1 heterocycles. The molecule has 1 aromatic carbocycles. The molecule has 0 bridgehead atoms. The Morgan fingerprint density at radius 3 is 2.63 bits per heavy atom. The Hall–Kier alpha value is -1.23. The van der Waals surface area contributed by atoms with Crippen LogP contribution in [0, 0.1) is 6.92 Å². The van der Waals surface area contributed by atoms with Gasteiger partial charge in [-0.3, -0.25) is 0 Å². The normalized spacial score (nSPS) is 14.0. The maximum absolute atomic E-state index is 12.5. The van der Waals surface area contributed by atoms with Gasteiger partial charge in [0.25, 0.3) is 0 Å². The maximum Gasteiger partial charge on any atom is 0.391 e. The molecule has 1 aromatic heterocycles. The highest BCUT2D eigenvalue weighted by atomic mass is 35.5. The highest BCUT2D eigenvalue weighted by Gasteiger charge is 2.32. The highest BCUT2D eigenvalue weighted by Crippen LogP contribution is 2.31. The monoisotopic (exact) mass is 290 g/mol. The molecule has 0 fully saturated rings. The Morgan fingerprint density at radius 2 is 2.05 bits per heavy atom. The van der Waals surface area contributed by atoms with E-state index >= 15 is 0 Å². The molecule has 0 aliphatic heterocycles. The molecule has 2 nitrogen and oxygen atoms in total. The molecular formula is C13H14ClF3N2. The lowest BCUT2D eigenvalue weighted by atomic mass is 10.2. The molecular weight excluding hydrogens is 277 g/mol. The van der Waals surface area contributed by atoms with Crippen LogP contribution in [0.2, 0.25) is 0 Å². The SMILES string of the molecule is Cc1ccc2nc(CCl)n(C(C)CC(F)(F)F)c2c1. The Morgan fingerprint density at radius 1 is 1.37 bits per heavy atom. The van der Waals surface area contributed by atoms with Crippen molar-refractivity contribution in [2.75, 3.05) is 0 Å².